The molecular weight excluding hydrogens is 339 g/mol. The summed E-state index contributed by atoms with van der Waals surface area (Å²) in [5, 5.41) is 2.96. The van der Waals surface area contributed by atoms with Gasteiger partial charge in [0, 0.05) is 17.1 Å². The van der Waals surface area contributed by atoms with Crippen LogP contribution in [0.1, 0.15) is 47.1 Å². The first-order valence-electron chi connectivity index (χ1n) is 8.32. The Bertz CT molecular complexity index is 857. The molecule has 1 N–H and O–H groups in total. The van der Waals surface area contributed by atoms with Crippen LogP contribution in [0.5, 0.6) is 0 Å². The maximum atomic E-state index is 14.5. The van der Waals surface area contributed by atoms with Gasteiger partial charge in [-0.15, -0.1) is 0 Å². The first-order valence-corrected chi connectivity index (χ1v) is 8.32. The highest BCUT2D eigenvalue weighted by molar-refractivity contribution is 5.97. The van der Waals surface area contributed by atoms with E-state index in [1.165, 1.54) is 16.8 Å². The van der Waals surface area contributed by atoms with Crippen molar-refractivity contribution in [2.75, 3.05) is 5.32 Å². The zero-order valence-corrected chi connectivity index (χ0v) is 16.2. The number of aromatic nitrogens is 1. The fraction of sp³-hybridized carbons (Fsp3) is 0.474. The monoisotopic (exact) mass is 364 g/mol. The smallest absolute Gasteiger partial charge is 0.419 e. The summed E-state index contributed by atoms with van der Waals surface area (Å²) >= 11 is 0. The predicted molar refractivity (Wildman–Crippen MR) is 98.1 cm³/mol. The number of amides is 1. The van der Waals surface area contributed by atoms with Crippen LogP contribution in [0.2, 0.25) is 0 Å². The molecule has 142 valence electrons. The number of nitrogens with one attached hydrogen (secondary N) is 1. The number of ether oxygens (including phenoxy) is 2. The highest BCUT2D eigenvalue weighted by Crippen LogP contribution is 2.30. The van der Waals surface area contributed by atoms with E-state index in [9.17, 15) is 14.0 Å². The summed E-state index contributed by atoms with van der Waals surface area (Å²) in [7, 11) is 0. The lowest BCUT2D eigenvalue weighted by Crippen LogP contribution is -2.28. The van der Waals surface area contributed by atoms with Crippen LogP contribution < -0.4 is 5.32 Å². The molecule has 6 nitrogen and oxygen atoms in total. The molecule has 0 aliphatic carbocycles. The standard InChI is InChI=1S/C19H25FN2O4/c1-11-14(21-16(23)25-18(2,3)4)13(20)10-12-8-9-22(15(11)12)17(24)26-19(5,6)7/h8-10H,1-7H3,(H,21,23). The number of benzene rings is 1. The number of nitrogens with zero attached hydrogens (tertiary/aromatic N) is 1. The van der Waals surface area contributed by atoms with Crippen molar-refractivity contribution in [3.8, 4) is 0 Å². The number of hydrogen-bond donors (Lipinski definition) is 1. The Labute approximate surface area is 152 Å². The lowest BCUT2D eigenvalue weighted by atomic mass is 10.1. The normalized spacial score (nSPS) is 12.2. The van der Waals surface area contributed by atoms with Crippen LogP contribution >= 0.6 is 0 Å². The number of carbonyl (C=O) groups excluding carboxylic acids is 2. The van der Waals surface area contributed by atoms with Gasteiger partial charge >= 0.3 is 12.2 Å². The van der Waals surface area contributed by atoms with E-state index < -0.39 is 29.2 Å². The predicted octanol–water partition coefficient (Wildman–Crippen LogP) is 5.22. The maximum absolute atomic E-state index is 14.5. The van der Waals surface area contributed by atoms with E-state index in [1.807, 2.05) is 0 Å². The van der Waals surface area contributed by atoms with Gasteiger partial charge in [0.15, 0.2) is 0 Å². The minimum Gasteiger partial charge on any atom is -0.444 e. The third-order valence-electron chi connectivity index (χ3n) is 3.38. The van der Waals surface area contributed by atoms with Crippen LogP contribution in [0.25, 0.3) is 10.9 Å². The van der Waals surface area contributed by atoms with Crippen molar-refractivity contribution in [1.82, 2.24) is 4.57 Å². The molecule has 0 radical (unpaired) electrons. The summed E-state index contributed by atoms with van der Waals surface area (Å²) in [4.78, 5) is 24.4. The molecule has 2 aromatic rings. The molecule has 0 aliphatic heterocycles. The molecule has 0 atom stereocenters. The van der Waals surface area contributed by atoms with Crippen LogP contribution in [0, 0.1) is 12.7 Å². The molecule has 1 aromatic carbocycles. The molecule has 0 aliphatic rings. The molecule has 0 bridgehead atoms. The van der Waals surface area contributed by atoms with Crippen molar-refractivity contribution in [1.29, 1.82) is 0 Å². The van der Waals surface area contributed by atoms with Gasteiger partial charge in [-0.05, 0) is 60.6 Å². The summed E-state index contributed by atoms with van der Waals surface area (Å²) in [6, 6.07) is 2.88. The van der Waals surface area contributed by atoms with E-state index in [0.29, 0.717) is 16.5 Å². The Morgan fingerprint density at radius 3 is 2.19 bits per heavy atom. The van der Waals surface area contributed by atoms with E-state index in [-0.39, 0.29) is 5.69 Å². The van der Waals surface area contributed by atoms with Gasteiger partial charge in [-0.1, -0.05) is 0 Å². The Balaban J connectivity index is 2.46. The quantitative estimate of drug-likeness (QED) is 0.753. The number of rotatable bonds is 1. The first-order chi connectivity index (χ1) is 11.8. The van der Waals surface area contributed by atoms with Crippen molar-refractivity contribution in [2.24, 2.45) is 0 Å². The minimum absolute atomic E-state index is 0.0322. The summed E-state index contributed by atoms with van der Waals surface area (Å²) < 4.78 is 26.3. The molecule has 1 heterocycles. The number of fused-ring (bicyclic) bond motifs is 1. The van der Waals surface area contributed by atoms with Crippen molar-refractivity contribution in [3.63, 3.8) is 0 Å². The summed E-state index contributed by atoms with van der Waals surface area (Å²) in [6.45, 7) is 12.1. The van der Waals surface area contributed by atoms with Gasteiger partial charge in [0.25, 0.3) is 0 Å². The lowest BCUT2D eigenvalue weighted by Gasteiger charge is -2.21. The number of hydrogen-bond acceptors (Lipinski definition) is 4. The van der Waals surface area contributed by atoms with E-state index in [2.05, 4.69) is 5.32 Å². The van der Waals surface area contributed by atoms with Crippen LogP contribution in [-0.4, -0.2) is 28.0 Å². The van der Waals surface area contributed by atoms with Gasteiger partial charge in [-0.2, -0.15) is 0 Å². The second-order valence-electron chi connectivity index (χ2n) is 8.09. The minimum atomic E-state index is -0.769. The average Bonchev–Trinajstić information content (AvgIpc) is 2.83. The third-order valence-corrected chi connectivity index (χ3v) is 3.38. The second kappa shape index (κ2) is 6.63. The fourth-order valence-corrected chi connectivity index (χ4v) is 2.49. The summed E-state index contributed by atoms with van der Waals surface area (Å²) in [5.41, 5.74) is -0.544. The molecule has 26 heavy (non-hydrogen) atoms. The third kappa shape index (κ3) is 4.53. The van der Waals surface area contributed by atoms with Crippen molar-refractivity contribution in [3.05, 3.63) is 29.7 Å². The van der Waals surface area contributed by atoms with Crippen LogP contribution in [0.3, 0.4) is 0 Å². The SMILES string of the molecule is Cc1c(NC(=O)OC(C)(C)C)c(F)cc2ccn(C(=O)OC(C)(C)C)c12. The topological polar surface area (TPSA) is 69.6 Å². The Hall–Kier alpha value is -2.57. The van der Waals surface area contributed by atoms with E-state index in [0.717, 1.165) is 0 Å². The van der Waals surface area contributed by atoms with Crippen molar-refractivity contribution >= 4 is 28.8 Å². The Kier molecular flexibility index (Phi) is 5.03. The Morgan fingerprint density at radius 2 is 1.65 bits per heavy atom. The fourth-order valence-electron chi connectivity index (χ4n) is 2.49. The Morgan fingerprint density at radius 1 is 1.08 bits per heavy atom. The zero-order chi connectivity index (χ0) is 19.9. The molecule has 0 spiro atoms. The van der Waals surface area contributed by atoms with Gasteiger partial charge in [0.2, 0.25) is 0 Å². The summed E-state index contributed by atoms with van der Waals surface area (Å²) in [6.07, 6.45) is 0.169. The highest BCUT2D eigenvalue weighted by atomic mass is 19.1. The molecule has 1 aromatic heterocycles. The number of carbonyl (C=O) groups is 2. The lowest BCUT2D eigenvalue weighted by molar-refractivity contribution is 0.0543. The number of halogens is 1. The number of anilines is 1. The van der Waals surface area contributed by atoms with Gasteiger partial charge in [-0.25, -0.2) is 14.0 Å². The largest absolute Gasteiger partial charge is 0.444 e. The zero-order valence-electron chi connectivity index (χ0n) is 16.2. The van der Waals surface area contributed by atoms with Gasteiger partial charge in [0.05, 0.1) is 11.2 Å². The van der Waals surface area contributed by atoms with Gasteiger partial charge < -0.3 is 9.47 Å². The second-order valence-corrected chi connectivity index (χ2v) is 8.09. The average molecular weight is 364 g/mol. The summed E-state index contributed by atoms with van der Waals surface area (Å²) in [5.74, 6) is -0.609. The van der Waals surface area contributed by atoms with Crippen molar-refractivity contribution < 1.29 is 23.5 Å². The molecule has 0 saturated carbocycles. The molecule has 7 heteroatoms. The maximum Gasteiger partial charge on any atom is 0.419 e. The molecular formula is C19H25FN2O4. The molecule has 0 unspecified atom stereocenters. The van der Waals surface area contributed by atoms with E-state index >= 15 is 0 Å². The molecule has 2 rings (SSSR count). The van der Waals surface area contributed by atoms with Crippen LogP contribution in [0.4, 0.5) is 19.7 Å². The van der Waals surface area contributed by atoms with Crippen LogP contribution in [0.15, 0.2) is 18.3 Å². The van der Waals surface area contributed by atoms with Crippen molar-refractivity contribution in [2.45, 2.75) is 59.7 Å². The molecule has 0 fully saturated rings. The first kappa shape index (κ1) is 19.8. The molecule has 1 amide bonds. The van der Waals surface area contributed by atoms with E-state index in [4.69, 9.17) is 9.47 Å². The highest BCUT2D eigenvalue weighted by Gasteiger charge is 2.23. The van der Waals surface area contributed by atoms with Gasteiger partial charge in [-0.3, -0.25) is 9.88 Å². The number of aryl methyl sites for hydroxylation is 1. The van der Waals surface area contributed by atoms with Crippen LogP contribution in [-0.2, 0) is 9.47 Å². The molecule has 0 saturated heterocycles. The van der Waals surface area contributed by atoms with E-state index in [1.54, 1.807) is 54.5 Å². The van der Waals surface area contributed by atoms with Gasteiger partial charge in [0.1, 0.15) is 17.0 Å².